The summed E-state index contributed by atoms with van der Waals surface area (Å²) in [6.07, 6.45) is 10.0. The molecule has 6 atom stereocenters. The normalized spacial score (nSPS) is 54.4. The first-order valence-corrected chi connectivity index (χ1v) is 9.76. The van der Waals surface area contributed by atoms with E-state index in [9.17, 15) is 15.3 Å². The van der Waals surface area contributed by atoms with Crippen molar-refractivity contribution in [2.45, 2.75) is 77.2 Å². The lowest BCUT2D eigenvalue weighted by atomic mass is 9.41. The summed E-state index contributed by atoms with van der Waals surface area (Å²) in [6.45, 7) is 5.04. The van der Waals surface area contributed by atoms with Crippen molar-refractivity contribution in [1.82, 2.24) is 0 Å². The molecule has 23 heavy (non-hydrogen) atoms. The molecule has 0 heterocycles. The van der Waals surface area contributed by atoms with Gasteiger partial charge >= 0.3 is 0 Å². The van der Waals surface area contributed by atoms with E-state index in [1.54, 1.807) is 0 Å². The molecule has 0 amide bonds. The van der Waals surface area contributed by atoms with Gasteiger partial charge in [-0.1, -0.05) is 20.3 Å². The molecule has 0 aromatic heterocycles. The first-order chi connectivity index (χ1) is 10.8. The number of fused-ring (bicyclic) bond motifs is 3. The fraction of sp³-hybridized carbons (Fsp3) is 1.00. The summed E-state index contributed by atoms with van der Waals surface area (Å²) in [5.41, 5.74) is -0.299. The van der Waals surface area contributed by atoms with Crippen molar-refractivity contribution in [2.75, 3.05) is 13.2 Å². The van der Waals surface area contributed by atoms with Crippen LogP contribution in [-0.2, 0) is 0 Å². The van der Waals surface area contributed by atoms with Gasteiger partial charge in [0.05, 0.1) is 12.2 Å². The highest BCUT2D eigenvalue weighted by Gasteiger charge is 2.67. The van der Waals surface area contributed by atoms with E-state index >= 15 is 0 Å². The van der Waals surface area contributed by atoms with Crippen molar-refractivity contribution >= 4 is 0 Å². The second-order valence-corrected chi connectivity index (χ2v) is 10.2. The summed E-state index contributed by atoms with van der Waals surface area (Å²) in [5, 5.41) is 31.3. The van der Waals surface area contributed by atoms with Crippen LogP contribution in [0.15, 0.2) is 0 Å². The van der Waals surface area contributed by atoms with Crippen LogP contribution in [0.5, 0.6) is 0 Å². The Kier molecular flexibility index (Phi) is 3.52. The Labute approximate surface area is 140 Å². The molecular weight excluding hydrogens is 288 g/mol. The van der Waals surface area contributed by atoms with E-state index in [4.69, 9.17) is 0 Å². The highest BCUT2D eigenvalue weighted by molar-refractivity contribution is 5.17. The van der Waals surface area contributed by atoms with Crippen molar-refractivity contribution in [1.29, 1.82) is 0 Å². The maximum absolute atomic E-state index is 10.9. The lowest BCUT2D eigenvalue weighted by Gasteiger charge is -2.64. The van der Waals surface area contributed by atoms with Gasteiger partial charge in [0.15, 0.2) is 0 Å². The molecule has 0 aliphatic heterocycles. The van der Waals surface area contributed by atoms with E-state index in [1.165, 1.54) is 25.7 Å². The minimum atomic E-state index is -0.859. The van der Waals surface area contributed by atoms with Crippen LogP contribution in [-0.4, -0.2) is 34.1 Å². The summed E-state index contributed by atoms with van der Waals surface area (Å²) >= 11 is 0. The van der Waals surface area contributed by atoms with Crippen LogP contribution >= 0.6 is 0 Å². The lowest BCUT2D eigenvalue weighted by molar-refractivity contribution is -0.174. The van der Waals surface area contributed by atoms with Gasteiger partial charge < -0.3 is 15.3 Å². The van der Waals surface area contributed by atoms with E-state index < -0.39 is 5.60 Å². The predicted octanol–water partition coefficient (Wildman–Crippen LogP) is 3.12. The Morgan fingerprint density at radius 2 is 1.70 bits per heavy atom. The molecule has 4 aliphatic carbocycles. The van der Waals surface area contributed by atoms with E-state index in [1.807, 2.05) is 0 Å². The highest BCUT2D eigenvalue weighted by Crippen LogP contribution is 2.72. The van der Waals surface area contributed by atoms with E-state index in [0.29, 0.717) is 23.9 Å². The standard InChI is InChI=1S/C20H34O3/c1-17(2)7-3-8-19(12-21)15(17)6-9-18-10-14(4-5-16(18)19)20(23,11-18)13-22/h14-16,21-23H,3-13H2,1-2H3/t14-,15-,16-,18+,19+,20+/m1/s1. The molecule has 132 valence electrons. The van der Waals surface area contributed by atoms with Gasteiger partial charge in [0, 0.05) is 12.0 Å². The minimum Gasteiger partial charge on any atom is -0.396 e. The van der Waals surface area contributed by atoms with Gasteiger partial charge in [-0.05, 0) is 80.0 Å². The summed E-state index contributed by atoms with van der Waals surface area (Å²) in [6, 6.07) is 0. The van der Waals surface area contributed by atoms with Crippen LogP contribution in [0.2, 0.25) is 0 Å². The van der Waals surface area contributed by atoms with Crippen LogP contribution < -0.4 is 0 Å². The summed E-state index contributed by atoms with van der Waals surface area (Å²) in [5.74, 6) is 1.42. The van der Waals surface area contributed by atoms with Crippen LogP contribution in [0.3, 0.4) is 0 Å². The molecule has 3 N–H and O–H groups in total. The molecule has 4 rings (SSSR count). The van der Waals surface area contributed by atoms with Gasteiger partial charge in [-0.3, -0.25) is 0 Å². The number of hydrogen-bond acceptors (Lipinski definition) is 3. The molecular formula is C20H34O3. The van der Waals surface area contributed by atoms with Crippen molar-refractivity contribution in [2.24, 2.45) is 34.0 Å². The van der Waals surface area contributed by atoms with Gasteiger partial charge in [-0.2, -0.15) is 0 Å². The Hall–Kier alpha value is -0.120. The molecule has 3 heteroatoms. The Bertz CT molecular complexity index is 489. The first-order valence-electron chi connectivity index (χ1n) is 9.76. The zero-order valence-electron chi connectivity index (χ0n) is 14.9. The molecule has 0 saturated heterocycles. The SMILES string of the molecule is CC1(C)CCC[C@]2(CO)[C@@H]1CC[C@@]13C[C@@H](CC[C@H]12)[C@@](O)(CO)C3. The molecule has 4 aliphatic rings. The Morgan fingerprint density at radius 3 is 2.39 bits per heavy atom. The highest BCUT2D eigenvalue weighted by atomic mass is 16.3. The Balaban J connectivity index is 1.75. The molecule has 0 aromatic rings. The maximum Gasteiger partial charge on any atom is 0.0910 e. The fourth-order valence-corrected chi connectivity index (χ4v) is 8.09. The summed E-state index contributed by atoms with van der Waals surface area (Å²) in [4.78, 5) is 0. The molecule has 3 nitrogen and oxygen atoms in total. The summed E-state index contributed by atoms with van der Waals surface area (Å²) in [7, 11) is 0. The third-order valence-corrected chi connectivity index (χ3v) is 8.91. The van der Waals surface area contributed by atoms with Crippen LogP contribution in [0.4, 0.5) is 0 Å². The van der Waals surface area contributed by atoms with Crippen LogP contribution in [0.25, 0.3) is 0 Å². The second-order valence-electron chi connectivity index (χ2n) is 10.2. The molecule has 1 spiro atoms. The monoisotopic (exact) mass is 322 g/mol. The van der Waals surface area contributed by atoms with Gasteiger partial charge in [0.1, 0.15) is 0 Å². The summed E-state index contributed by atoms with van der Waals surface area (Å²) < 4.78 is 0. The molecule has 0 radical (unpaired) electrons. The van der Waals surface area contributed by atoms with Gasteiger partial charge in [0.25, 0.3) is 0 Å². The van der Waals surface area contributed by atoms with Crippen molar-refractivity contribution in [3.63, 3.8) is 0 Å². The van der Waals surface area contributed by atoms with E-state index in [2.05, 4.69) is 13.8 Å². The molecule has 2 bridgehead atoms. The van der Waals surface area contributed by atoms with Crippen molar-refractivity contribution in [3.05, 3.63) is 0 Å². The van der Waals surface area contributed by atoms with Crippen molar-refractivity contribution < 1.29 is 15.3 Å². The second kappa shape index (κ2) is 4.95. The number of aliphatic hydroxyl groups is 3. The number of aliphatic hydroxyl groups excluding tert-OH is 2. The minimum absolute atomic E-state index is 0.0612. The maximum atomic E-state index is 10.9. The van der Waals surface area contributed by atoms with Gasteiger partial charge in [-0.15, -0.1) is 0 Å². The quantitative estimate of drug-likeness (QED) is 0.732. The zero-order valence-corrected chi connectivity index (χ0v) is 14.9. The van der Waals surface area contributed by atoms with Gasteiger partial charge in [-0.25, -0.2) is 0 Å². The molecule has 0 aromatic carbocycles. The smallest absolute Gasteiger partial charge is 0.0910 e. The Morgan fingerprint density at radius 1 is 0.913 bits per heavy atom. The number of rotatable bonds is 2. The van der Waals surface area contributed by atoms with Crippen LogP contribution in [0.1, 0.15) is 71.6 Å². The first kappa shape index (κ1) is 16.4. The molecule has 0 unspecified atom stereocenters. The van der Waals surface area contributed by atoms with Gasteiger partial charge in [0.2, 0.25) is 0 Å². The third kappa shape index (κ3) is 1.99. The van der Waals surface area contributed by atoms with E-state index in [-0.39, 0.29) is 23.4 Å². The predicted molar refractivity (Wildman–Crippen MR) is 89.8 cm³/mol. The average Bonchev–Trinajstić information content (AvgIpc) is 2.73. The lowest BCUT2D eigenvalue weighted by Crippen LogP contribution is -2.58. The topological polar surface area (TPSA) is 60.7 Å². The van der Waals surface area contributed by atoms with Crippen molar-refractivity contribution in [3.8, 4) is 0 Å². The van der Waals surface area contributed by atoms with E-state index in [0.717, 1.165) is 32.1 Å². The largest absolute Gasteiger partial charge is 0.396 e. The third-order valence-electron chi connectivity index (χ3n) is 8.91. The zero-order chi connectivity index (χ0) is 16.5. The fourth-order valence-electron chi connectivity index (χ4n) is 8.09. The molecule has 4 saturated carbocycles. The number of hydrogen-bond donors (Lipinski definition) is 3. The average molecular weight is 322 g/mol. The van der Waals surface area contributed by atoms with Crippen LogP contribution in [0, 0.1) is 34.0 Å². The molecule has 4 fully saturated rings.